The number of benzene rings is 1. The van der Waals surface area contributed by atoms with Crippen molar-refractivity contribution in [3.8, 4) is 0 Å². The Labute approximate surface area is 141 Å². The van der Waals surface area contributed by atoms with Crippen LogP contribution in [-0.4, -0.2) is 46.3 Å². The topological polar surface area (TPSA) is 104 Å². The van der Waals surface area contributed by atoms with Crippen LogP contribution in [0.25, 0.3) is 0 Å². The van der Waals surface area contributed by atoms with Gasteiger partial charge in [0.1, 0.15) is 5.60 Å². The number of hydrogen-bond acceptors (Lipinski definition) is 5. The number of ether oxygens (including phenoxy) is 1. The highest BCUT2D eigenvalue weighted by Crippen LogP contribution is 2.52. The molecule has 7 nitrogen and oxygen atoms in total. The summed E-state index contributed by atoms with van der Waals surface area (Å²) in [4.78, 5) is 37.7. The number of fused-ring (bicyclic) bond motifs is 5. The SMILES string of the molecule is O=C(O)c1cc(N2C(=O)C3C4C=CC(CO)(O4)C3C2=O)ccc1Cl. The normalized spacial score (nSPS) is 33.4. The van der Waals surface area contributed by atoms with Gasteiger partial charge in [-0.05, 0) is 18.2 Å². The molecule has 4 unspecified atom stereocenters. The maximum atomic E-state index is 12.8. The lowest BCUT2D eigenvalue weighted by molar-refractivity contribution is -0.128. The molecular formula is C16H12ClNO6. The summed E-state index contributed by atoms with van der Waals surface area (Å²) < 4.78 is 5.64. The van der Waals surface area contributed by atoms with Gasteiger partial charge in [-0.25, -0.2) is 9.69 Å². The molecule has 3 heterocycles. The molecule has 2 bridgehead atoms. The molecule has 1 aromatic rings. The van der Waals surface area contributed by atoms with E-state index < -0.39 is 47.9 Å². The number of carboxylic acid groups (broad SMARTS) is 1. The molecular weight excluding hydrogens is 338 g/mol. The second kappa shape index (κ2) is 4.89. The lowest BCUT2D eigenvalue weighted by Gasteiger charge is -2.26. The first-order valence-electron chi connectivity index (χ1n) is 7.28. The number of rotatable bonds is 3. The molecule has 4 rings (SSSR count). The fourth-order valence-corrected chi connectivity index (χ4v) is 3.95. The van der Waals surface area contributed by atoms with Crippen molar-refractivity contribution in [3.05, 3.63) is 40.9 Å². The van der Waals surface area contributed by atoms with Gasteiger partial charge in [0.25, 0.3) is 0 Å². The van der Waals surface area contributed by atoms with Crippen LogP contribution < -0.4 is 4.90 Å². The Balaban J connectivity index is 1.77. The number of imide groups is 1. The third-order valence-corrected chi connectivity index (χ3v) is 5.17. The van der Waals surface area contributed by atoms with Crippen LogP contribution in [0.15, 0.2) is 30.4 Å². The molecule has 24 heavy (non-hydrogen) atoms. The summed E-state index contributed by atoms with van der Waals surface area (Å²) in [5.74, 6) is -3.75. The number of carbonyl (C=O) groups is 3. The summed E-state index contributed by atoms with van der Waals surface area (Å²) in [7, 11) is 0. The largest absolute Gasteiger partial charge is 0.478 e. The third kappa shape index (κ3) is 1.77. The average molecular weight is 350 g/mol. The van der Waals surface area contributed by atoms with Crippen LogP contribution in [0.5, 0.6) is 0 Å². The van der Waals surface area contributed by atoms with E-state index in [2.05, 4.69) is 0 Å². The molecule has 2 fully saturated rings. The molecule has 0 spiro atoms. The first-order chi connectivity index (χ1) is 11.4. The standard InChI is InChI=1S/C16H12ClNO6/c17-9-2-1-7(5-8(9)15(22)23)18-13(20)11-10-3-4-16(6-19,24-10)12(11)14(18)21/h1-5,10-12,19H,6H2,(H,22,23). The summed E-state index contributed by atoms with van der Waals surface area (Å²) in [6.45, 7) is -0.408. The summed E-state index contributed by atoms with van der Waals surface area (Å²) in [5.41, 5.74) is -1.23. The summed E-state index contributed by atoms with van der Waals surface area (Å²) in [6.07, 6.45) is 2.74. The predicted molar refractivity (Wildman–Crippen MR) is 81.7 cm³/mol. The van der Waals surface area contributed by atoms with E-state index in [1.54, 1.807) is 12.2 Å². The molecule has 4 atom stereocenters. The highest BCUT2D eigenvalue weighted by Gasteiger charge is 2.67. The van der Waals surface area contributed by atoms with Gasteiger partial charge in [-0.3, -0.25) is 9.59 Å². The minimum absolute atomic E-state index is 0.0161. The highest BCUT2D eigenvalue weighted by atomic mass is 35.5. The van der Waals surface area contributed by atoms with Gasteiger partial charge >= 0.3 is 5.97 Å². The number of amides is 2. The zero-order valence-electron chi connectivity index (χ0n) is 12.2. The monoisotopic (exact) mass is 349 g/mol. The predicted octanol–water partition coefficient (Wildman–Crippen LogP) is 0.843. The van der Waals surface area contributed by atoms with Crippen LogP contribution in [0.3, 0.4) is 0 Å². The zero-order valence-corrected chi connectivity index (χ0v) is 12.9. The number of hydrogen-bond donors (Lipinski definition) is 2. The second-order valence-corrected chi connectivity index (χ2v) is 6.45. The Morgan fingerprint density at radius 1 is 1.33 bits per heavy atom. The molecule has 8 heteroatoms. The lowest BCUT2D eigenvalue weighted by Crippen LogP contribution is -2.43. The van der Waals surface area contributed by atoms with Gasteiger partial charge in [0.15, 0.2) is 0 Å². The van der Waals surface area contributed by atoms with Crippen LogP contribution in [0.1, 0.15) is 10.4 Å². The number of carbonyl (C=O) groups excluding carboxylic acids is 2. The van der Waals surface area contributed by atoms with Crippen LogP contribution in [0, 0.1) is 11.8 Å². The van der Waals surface area contributed by atoms with Crippen molar-refractivity contribution >= 4 is 35.1 Å². The molecule has 2 amide bonds. The summed E-state index contributed by atoms with van der Waals surface area (Å²) >= 11 is 5.84. The maximum absolute atomic E-state index is 12.8. The molecule has 3 aliphatic rings. The minimum atomic E-state index is -1.25. The second-order valence-electron chi connectivity index (χ2n) is 6.04. The smallest absolute Gasteiger partial charge is 0.337 e. The molecule has 0 saturated carbocycles. The van der Waals surface area contributed by atoms with Crippen molar-refractivity contribution < 1.29 is 29.3 Å². The van der Waals surface area contributed by atoms with Gasteiger partial charge in [-0.1, -0.05) is 23.8 Å². The van der Waals surface area contributed by atoms with Crippen molar-refractivity contribution in [3.63, 3.8) is 0 Å². The fraction of sp³-hybridized carbons (Fsp3) is 0.312. The summed E-state index contributed by atoms with van der Waals surface area (Å²) in [6, 6.07) is 3.96. The number of halogens is 1. The van der Waals surface area contributed by atoms with Gasteiger partial charge < -0.3 is 14.9 Å². The number of aliphatic hydroxyl groups is 1. The molecule has 2 N–H and O–H groups in total. The maximum Gasteiger partial charge on any atom is 0.337 e. The van der Waals surface area contributed by atoms with Crippen molar-refractivity contribution in [1.82, 2.24) is 0 Å². The number of aliphatic hydroxyl groups excluding tert-OH is 1. The van der Waals surface area contributed by atoms with E-state index in [9.17, 15) is 19.5 Å². The Kier molecular flexibility index (Phi) is 3.12. The van der Waals surface area contributed by atoms with Gasteiger partial charge in [-0.2, -0.15) is 0 Å². The minimum Gasteiger partial charge on any atom is -0.478 e. The Bertz CT molecular complexity index is 821. The van der Waals surface area contributed by atoms with Crippen LogP contribution in [0.4, 0.5) is 5.69 Å². The van der Waals surface area contributed by atoms with E-state index in [0.717, 1.165) is 4.90 Å². The van der Waals surface area contributed by atoms with E-state index in [4.69, 9.17) is 21.4 Å². The van der Waals surface area contributed by atoms with E-state index >= 15 is 0 Å². The van der Waals surface area contributed by atoms with Gasteiger partial charge in [0.05, 0.1) is 40.8 Å². The summed E-state index contributed by atoms with van der Waals surface area (Å²) in [5, 5.41) is 18.8. The number of carboxylic acids is 1. The fourth-order valence-electron chi connectivity index (χ4n) is 3.75. The third-order valence-electron chi connectivity index (χ3n) is 4.84. The average Bonchev–Trinajstić information content (AvgIpc) is 3.19. The van der Waals surface area contributed by atoms with Crippen LogP contribution in [0.2, 0.25) is 5.02 Å². The highest BCUT2D eigenvalue weighted by molar-refractivity contribution is 6.34. The molecule has 0 radical (unpaired) electrons. The van der Waals surface area contributed by atoms with Gasteiger partial charge in [0, 0.05) is 0 Å². The molecule has 2 saturated heterocycles. The van der Waals surface area contributed by atoms with Crippen molar-refractivity contribution in [2.75, 3.05) is 11.5 Å². The zero-order chi connectivity index (χ0) is 17.2. The van der Waals surface area contributed by atoms with Crippen LogP contribution >= 0.6 is 11.6 Å². The molecule has 0 aromatic heterocycles. The molecule has 3 aliphatic heterocycles. The first-order valence-corrected chi connectivity index (χ1v) is 7.66. The van der Waals surface area contributed by atoms with E-state index in [1.165, 1.54) is 18.2 Å². The number of anilines is 1. The Morgan fingerprint density at radius 3 is 2.75 bits per heavy atom. The van der Waals surface area contributed by atoms with Gasteiger partial charge in [0.2, 0.25) is 11.8 Å². The lowest BCUT2D eigenvalue weighted by atomic mass is 9.77. The Morgan fingerprint density at radius 2 is 2.08 bits per heavy atom. The van der Waals surface area contributed by atoms with Crippen LogP contribution in [-0.2, 0) is 14.3 Å². The van der Waals surface area contributed by atoms with Crippen molar-refractivity contribution in [2.24, 2.45) is 11.8 Å². The van der Waals surface area contributed by atoms with Crippen molar-refractivity contribution in [1.29, 1.82) is 0 Å². The first kappa shape index (κ1) is 15.3. The Hall–Kier alpha value is -2.22. The molecule has 124 valence electrons. The quantitative estimate of drug-likeness (QED) is 0.619. The van der Waals surface area contributed by atoms with E-state index in [1.807, 2.05) is 0 Å². The van der Waals surface area contributed by atoms with E-state index in [0.29, 0.717) is 0 Å². The van der Waals surface area contributed by atoms with Gasteiger partial charge in [-0.15, -0.1) is 0 Å². The van der Waals surface area contributed by atoms with Crippen molar-refractivity contribution in [2.45, 2.75) is 11.7 Å². The molecule has 0 aliphatic carbocycles. The van der Waals surface area contributed by atoms with E-state index in [-0.39, 0.29) is 16.3 Å². The number of nitrogens with zero attached hydrogens (tertiary/aromatic N) is 1. The molecule has 1 aromatic carbocycles. The number of aromatic carboxylic acids is 1.